The van der Waals surface area contributed by atoms with Crippen molar-refractivity contribution in [2.75, 3.05) is 70.3 Å². The molecule has 2 amide bonds. The van der Waals surface area contributed by atoms with Crippen LogP contribution in [-0.2, 0) is 19.1 Å². The van der Waals surface area contributed by atoms with Gasteiger partial charge in [0.05, 0.1) is 43.6 Å². The van der Waals surface area contributed by atoms with E-state index in [9.17, 15) is 14.4 Å². The van der Waals surface area contributed by atoms with Gasteiger partial charge in [0.25, 0.3) is 0 Å². The van der Waals surface area contributed by atoms with Gasteiger partial charge in [-0.25, -0.2) is 14.4 Å². The number of benzene rings is 2. The number of dihydropyridines is 1. The second kappa shape index (κ2) is 14.6. The molecule has 2 aromatic carbocycles. The maximum atomic E-state index is 13.0. The summed E-state index contributed by atoms with van der Waals surface area (Å²) in [6.07, 6.45) is 0. The molecule has 1 saturated heterocycles. The van der Waals surface area contributed by atoms with Gasteiger partial charge in [0, 0.05) is 56.4 Å². The third-order valence-corrected chi connectivity index (χ3v) is 7.65. The van der Waals surface area contributed by atoms with Crippen molar-refractivity contribution in [3.05, 3.63) is 76.6 Å². The zero-order valence-corrected chi connectivity index (χ0v) is 25.5. The zero-order valence-electron chi connectivity index (χ0n) is 25.5. The molecule has 0 spiro atoms. The summed E-state index contributed by atoms with van der Waals surface area (Å²) in [6.45, 7) is 10.2. The predicted octanol–water partition coefficient (Wildman–Crippen LogP) is 3.61. The highest BCUT2D eigenvalue weighted by Crippen LogP contribution is 2.40. The van der Waals surface area contributed by atoms with Gasteiger partial charge in [0.15, 0.2) is 0 Å². The number of amides is 2. The van der Waals surface area contributed by atoms with Crippen LogP contribution in [-0.4, -0.2) is 83.0 Å². The van der Waals surface area contributed by atoms with Crippen molar-refractivity contribution in [2.45, 2.75) is 26.7 Å². The second-order valence-corrected chi connectivity index (χ2v) is 10.4. The van der Waals surface area contributed by atoms with Crippen molar-refractivity contribution < 1.29 is 28.6 Å². The number of hydrogen-bond acceptors (Lipinski definition) is 9. The Morgan fingerprint density at radius 2 is 1.63 bits per heavy atom. The molecule has 0 radical (unpaired) electrons. The van der Waals surface area contributed by atoms with E-state index in [4.69, 9.17) is 14.2 Å². The van der Waals surface area contributed by atoms with Crippen LogP contribution in [0.5, 0.6) is 5.75 Å². The number of anilines is 2. The molecule has 2 aromatic rings. The largest absolute Gasteiger partial charge is 0.495 e. The Morgan fingerprint density at radius 1 is 0.930 bits per heavy atom. The number of hydrogen-bond donors (Lipinski definition) is 3. The number of nitrogens with one attached hydrogen (secondary N) is 3. The summed E-state index contributed by atoms with van der Waals surface area (Å²) in [5.41, 5.74) is 4.08. The predicted molar refractivity (Wildman–Crippen MR) is 165 cm³/mol. The highest BCUT2D eigenvalue weighted by atomic mass is 16.5. The lowest BCUT2D eigenvalue weighted by Crippen LogP contribution is -2.48. The van der Waals surface area contributed by atoms with Gasteiger partial charge in [-0.05, 0) is 50.6 Å². The number of methoxy groups -OCH3 is 2. The van der Waals surface area contributed by atoms with Crippen molar-refractivity contribution in [3.8, 4) is 5.75 Å². The Bertz CT molecular complexity index is 1400. The molecule has 2 heterocycles. The van der Waals surface area contributed by atoms with Gasteiger partial charge >= 0.3 is 18.0 Å². The van der Waals surface area contributed by atoms with Crippen LogP contribution < -0.4 is 25.6 Å². The van der Waals surface area contributed by atoms with Gasteiger partial charge < -0.3 is 35.1 Å². The van der Waals surface area contributed by atoms with E-state index >= 15 is 0 Å². The molecule has 4 rings (SSSR count). The number of nitrogens with zero attached hydrogens (tertiary/aromatic N) is 2. The molecule has 11 nitrogen and oxygen atoms in total. The van der Waals surface area contributed by atoms with E-state index in [1.807, 2.05) is 24.3 Å². The minimum Gasteiger partial charge on any atom is -0.495 e. The standard InChI is InChI=1S/C32H41N5O6/c1-6-43-31(39)28-22(3)34-21(2)27(30(38)42-5)29(28)23-10-9-11-24(20-23)35-32(40)33-14-15-36-16-18-37(19-17-36)25-12-7-8-13-26(25)41-4/h7-13,20,29,34H,6,14-19H2,1-5H3,(H2,33,35,40). The van der Waals surface area contributed by atoms with Crippen LogP contribution >= 0.6 is 0 Å². The summed E-state index contributed by atoms with van der Waals surface area (Å²) in [5.74, 6) is -0.933. The Labute approximate surface area is 252 Å². The average molecular weight is 592 g/mol. The fourth-order valence-electron chi connectivity index (χ4n) is 5.59. The lowest BCUT2D eigenvalue weighted by atomic mass is 9.80. The molecule has 11 heteroatoms. The molecule has 1 atom stereocenters. The summed E-state index contributed by atoms with van der Waals surface area (Å²) in [5, 5.41) is 8.92. The van der Waals surface area contributed by atoms with E-state index in [1.165, 1.54) is 7.11 Å². The first-order valence-electron chi connectivity index (χ1n) is 14.5. The van der Waals surface area contributed by atoms with Crippen molar-refractivity contribution in [2.24, 2.45) is 0 Å². The van der Waals surface area contributed by atoms with E-state index in [1.54, 1.807) is 46.1 Å². The molecular weight excluding hydrogens is 550 g/mol. The average Bonchev–Trinajstić information content (AvgIpc) is 3.01. The van der Waals surface area contributed by atoms with E-state index < -0.39 is 17.9 Å². The van der Waals surface area contributed by atoms with E-state index in [0.717, 1.165) is 44.2 Å². The van der Waals surface area contributed by atoms with Gasteiger partial charge in [-0.1, -0.05) is 24.3 Å². The molecule has 1 unspecified atom stereocenters. The minimum atomic E-state index is -0.730. The van der Waals surface area contributed by atoms with E-state index in [2.05, 4.69) is 31.8 Å². The first-order chi connectivity index (χ1) is 20.8. The van der Waals surface area contributed by atoms with Gasteiger partial charge in [-0.15, -0.1) is 0 Å². The highest BCUT2D eigenvalue weighted by molar-refractivity contribution is 6.00. The lowest BCUT2D eigenvalue weighted by molar-refractivity contribution is -0.139. The number of esters is 2. The fourth-order valence-corrected chi connectivity index (χ4v) is 5.59. The monoisotopic (exact) mass is 591 g/mol. The molecule has 3 N–H and O–H groups in total. The summed E-state index contributed by atoms with van der Waals surface area (Å²) < 4.78 is 15.9. The van der Waals surface area contributed by atoms with Gasteiger partial charge in [0.1, 0.15) is 5.75 Å². The Hall–Kier alpha value is -4.51. The molecule has 230 valence electrons. The maximum Gasteiger partial charge on any atom is 0.336 e. The number of allylic oxidation sites excluding steroid dienone is 2. The summed E-state index contributed by atoms with van der Waals surface area (Å²) >= 11 is 0. The number of rotatable bonds is 10. The van der Waals surface area contributed by atoms with E-state index in [-0.39, 0.29) is 12.6 Å². The number of piperazine rings is 1. The summed E-state index contributed by atoms with van der Waals surface area (Å²) in [6, 6.07) is 14.8. The van der Waals surface area contributed by atoms with Gasteiger partial charge in [0.2, 0.25) is 0 Å². The third kappa shape index (κ3) is 7.47. The van der Waals surface area contributed by atoms with Crippen LogP contribution in [0, 0.1) is 0 Å². The topological polar surface area (TPSA) is 121 Å². The number of carbonyl (C=O) groups is 3. The minimum absolute atomic E-state index is 0.192. The second-order valence-electron chi connectivity index (χ2n) is 10.4. The van der Waals surface area contributed by atoms with Crippen molar-refractivity contribution in [3.63, 3.8) is 0 Å². The van der Waals surface area contributed by atoms with Crippen molar-refractivity contribution in [1.82, 2.24) is 15.5 Å². The van der Waals surface area contributed by atoms with Crippen molar-refractivity contribution >= 4 is 29.3 Å². The number of ether oxygens (including phenoxy) is 3. The number of carbonyl (C=O) groups excluding carboxylic acids is 3. The molecule has 0 bridgehead atoms. The van der Waals surface area contributed by atoms with Crippen molar-refractivity contribution in [1.29, 1.82) is 0 Å². The maximum absolute atomic E-state index is 13.0. The molecule has 43 heavy (non-hydrogen) atoms. The molecule has 0 aliphatic carbocycles. The lowest BCUT2D eigenvalue weighted by Gasteiger charge is -2.36. The van der Waals surface area contributed by atoms with E-state index in [0.29, 0.717) is 40.3 Å². The SMILES string of the molecule is CCOC(=O)C1=C(C)NC(C)=C(C(=O)OC)C1c1cccc(NC(=O)NCCN2CCN(c3ccccc3OC)CC2)c1. The highest BCUT2D eigenvalue weighted by Gasteiger charge is 2.37. The van der Waals surface area contributed by atoms with Gasteiger partial charge in [-0.3, -0.25) is 4.90 Å². The molecule has 2 aliphatic rings. The smallest absolute Gasteiger partial charge is 0.336 e. The third-order valence-electron chi connectivity index (χ3n) is 7.65. The van der Waals surface area contributed by atoms with Crippen LogP contribution in [0.1, 0.15) is 32.3 Å². The number of urea groups is 1. The normalized spacial score (nSPS) is 17.2. The molecule has 2 aliphatic heterocycles. The number of para-hydroxylation sites is 2. The molecular formula is C32H41N5O6. The Kier molecular flexibility index (Phi) is 10.7. The molecule has 0 saturated carbocycles. The molecule has 1 fully saturated rings. The fraction of sp³-hybridized carbons (Fsp3) is 0.406. The van der Waals surface area contributed by atoms with Crippen LogP contribution in [0.2, 0.25) is 0 Å². The van der Waals surface area contributed by atoms with Gasteiger partial charge in [-0.2, -0.15) is 0 Å². The first kappa shape index (κ1) is 31.4. The van der Waals surface area contributed by atoms with Crippen LogP contribution in [0.4, 0.5) is 16.2 Å². The molecule has 0 aromatic heterocycles. The Balaban J connectivity index is 1.37. The zero-order chi connectivity index (χ0) is 30.9. The summed E-state index contributed by atoms with van der Waals surface area (Å²) in [7, 11) is 2.99. The van der Waals surface area contributed by atoms with Crippen LogP contribution in [0.25, 0.3) is 0 Å². The summed E-state index contributed by atoms with van der Waals surface area (Å²) in [4.78, 5) is 43.3. The van der Waals surface area contributed by atoms with Crippen LogP contribution in [0.15, 0.2) is 71.1 Å². The Morgan fingerprint density at radius 3 is 2.30 bits per heavy atom. The quantitative estimate of drug-likeness (QED) is 0.356. The first-order valence-corrected chi connectivity index (χ1v) is 14.5. The van der Waals surface area contributed by atoms with Crippen LogP contribution in [0.3, 0.4) is 0 Å².